The van der Waals surface area contributed by atoms with Crippen molar-refractivity contribution in [3.05, 3.63) is 24.3 Å². The van der Waals surface area contributed by atoms with Crippen molar-refractivity contribution in [1.82, 2.24) is 5.32 Å². The second-order valence-electron chi connectivity index (χ2n) is 5.49. The number of carbonyl (C=O) groups excluding carboxylic acids is 1. The molecule has 0 aromatic heterocycles. The molecule has 0 aliphatic carbocycles. The summed E-state index contributed by atoms with van der Waals surface area (Å²) < 4.78 is 0. The molecule has 2 rings (SSSR count). The molecule has 4 nitrogen and oxygen atoms in total. The molecule has 2 unspecified atom stereocenters. The first kappa shape index (κ1) is 13.9. The summed E-state index contributed by atoms with van der Waals surface area (Å²) in [6.07, 6.45) is 2.27. The molecular weight excluding hydrogens is 238 g/mol. The number of anilines is 2. The van der Waals surface area contributed by atoms with Crippen molar-refractivity contribution in [2.45, 2.75) is 25.8 Å². The normalized spacial score (nSPS) is 22.9. The minimum absolute atomic E-state index is 0.0723. The van der Waals surface area contributed by atoms with Gasteiger partial charge in [-0.1, -0.05) is 13.0 Å². The van der Waals surface area contributed by atoms with E-state index in [0.717, 1.165) is 30.8 Å². The highest BCUT2D eigenvalue weighted by atomic mass is 16.2. The van der Waals surface area contributed by atoms with E-state index >= 15 is 0 Å². The zero-order chi connectivity index (χ0) is 13.8. The zero-order valence-electron chi connectivity index (χ0n) is 11.9. The van der Waals surface area contributed by atoms with Crippen molar-refractivity contribution >= 4 is 17.3 Å². The first-order chi connectivity index (χ1) is 9.08. The van der Waals surface area contributed by atoms with E-state index in [4.69, 9.17) is 0 Å². The van der Waals surface area contributed by atoms with Crippen LogP contribution in [0.4, 0.5) is 11.4 Å². The van der Waals surface area contributed by atoms with E-state index in [1.807, 2.05) is 43.3 Å². The van der Waals surface area contributed by atoms with E-state index in [9.17, 15) is 4.79 Å². The molecule has 1 fully saturated rings. The van der Waals surface area contributed by atoms with Crippen LogP contribution in [0, 0.1) is 5.92 Å². The second kappa shape index (κ2) is 6.06. The first-order valence-electron chi connectivity index (χ1n) is 6.89. The predicted octanol–water partition coefficient (Wildman–Crippen LogP) is 2.08. The maximum absolute atomic E-state index is 12.3. The number of nitrogens with one attached hydrogen (secondary N) is 2. The molecule has 2 atom stereocenters. The van der Waals surface area contributed by atoms with E-state index in [0.29, 0.717) is 5.92 Å². The van der Waals surface area contributed by atoms with Crippen molar-refractivity contribution in [3.8, 4) is 0 Å². The van der Waals surface area contributed by atoms with Gasteiger partial charge < -0.3 is 15.5 Å². The molecule has 1 aliphatic rings. The van der Waals surface area contributed by atoms with Gasteiger partial charge in [-0.3, -0.25) is 4.79 Å². The maximum atomic E-state index is 12.3. The summed E-state index contributed by atoms with van der Waals surface area (Å²) in [6.45, 7) is 3.06. The van der Waals surface area contributed by atoms with Gasteiger partial charge in [-0.25, -0.2) is 0 Å². The Hall–Kier alpha value is -1.55. The summed E-state index contributed by atoms with van der Waals surface area (Å²) in [7, 11) is 3.98. The fourth-order valence-electron chi connectivity index (χ4n) is 2.48. The van der Waals surface area contributed by atoms with Crippen molar-refractivity contribution in [2.24, 2.45) is 5.92 Å². The molecule has 0 bridgehead atoms. The number of benzene rings is 1. The molecule has 0 radical (unpaired) electrons. The Morgan fingerprint density at radius 1 is 1.42 bits per heavy atom. The number of amides is 1. The number of carbonyl (C=O) groups is 1. The molecule has 1 aromatic carbocycles. The Labute approximate surface area is 115 Å². The highest BCUT2D eigenvalue weighted by Gasteiger charge is 2.27. The van der Waals surface area contributed by atoms with Crippen LogP contribution in [0.2, 0.25) is 0 Å². The fourth-order valence-corrected chi connectivity index (χ4v) is 2.48. The molecule has 1 aliphatic heterocycles. The Morgan fingerprint density at radius 3 is 2.89 bits per heavy atom. The zero-order valence-corrected chi connectivity index (χ0v) is 11.9. The first-order valence-corrected chi connectivity index (χ1v) is 6.89. The van der Waals surface area contributed by atoms with Crippen LogP contribution in [0.25, 0.3) is 0 Å². The van der Waals surface area contributed by atoms with E-state index in [2.05, 4.69) is 17.6 Å². The highest BCUT2D eigenvalue weighted by Crippen LogP contribution is 2.20. The average molecular weight is 261 g/mol. The molecule has 19 heavy (non-hydrogen) atoms. The number of hydrogen-bond donors (Lipinski definition) is 2. The molecule has 1 amide bonds. The summed E-state index contributed by atoms with van der Waals surface area (Å²) in [4.78, 5) is 14.3. The third-order valence-corrected chi connectivity index (χ3v) is 3.68. The van der Waals surface area contributed by atoms with Crippen LogP contribution in [0.3, 0.4) is 0 Å². The summed E-state index contributed by atoms with van der Waals surface area (Å²) >= 11 is 0. The van der Waals surface area contributed by atoms with E-state index < -0.39 is 0 Å². The van der Waals surface area contributed by atoms with Gasteiger partial charge in [0.05, 0.1) is 6.04 Å². The Balaban J connectivity index is 2.03. The van der Waals surface area contributed by atoms with Gasteiger partial charge >= 0.3 is 0 Å². The van der Waals surface area contributed by atoms with Crippen molar-refractivity contribution in [2.75, 3.05) is 30.9 Å². The minimum atomic E-state index is -0.0724. The summed E-state index contributed by atoms with van der Waals surface area (Å²) in [5, 5.41) is 6.31. The molecule has 4 heteroatoms. The number of hydrogen-bond acceptors (Lipinski definition) is 3. The quantitative estimate of drug-likeness (QED) is 0.875. The lowest BCUT2D eigenvalue weighted by Crippen LogP contribution is -2.48. The van der Waals surface area contributed by atoms with Gasteiger partial charge in [0, 0.05) is 25.5 Å². The van der Waals surface area contributed by atoms with Crippen LogP contribution in [-0.2, 0) is 4.79 Å². The molecule has 1 aromatic rings. The number of rotatable bonds is 3. The molecule has 0 saturated carbocycles. The molecule has 1 saturated heterocycles. The predicted molar refractivity (Wildman–Crippen MR) is 79.6 cm³/mol. The summed E-state index contributed by atoms with van der Waals surface area (Å²) in [6, 6.07) is 7.83. The molecular formula is C15H23N3O. The Bertz CT molecular complexity index is 445. The van der Waals surface area contributed by atoms with Gasteiger partial charge in [-0.2, -0.15) is 0 Å². The van der Waals surface area contributed by atoms with E-state index in [-0.39, 0.29) is 11.9 Å². The van der Waals surface area contributed by atoms with Crippen LogP contribution in [-0.4, -0.2) is 32.6 Å². The highest BCUT2D eigenvalue weighted by molar-refractivity contribution is 5.95. The van der Waals surface area contributed by atoms with E-state index in [1.54, 1.807) is 0 Å². The van der Waals surface area contributed by atoms with Crippen LogP contribution < -0.4 is 15.5 Å². The lowest BCUT2D eigenvalue weighted by molar-refractivity contribution is -0.119. The van der Waals surface area contributed by atoms with Gasteiger partial charge in [0.15, 0.2) is 0 Å². The third kappa shape index (κ3) is 3.47. The fraction of sp³-hybridized carbons (Fsp3) is 0.533. The summed E-state index contributed by atoms with van der Waals surface area (Å²) in [5.41, 5.74) is 1.94. The maximum Gasteiger partial charge on any atom is 0.241 e. The Morgan fingerprint density at radius 2 is 2.21 bits per heavy atom. The third-order valence-electron chi connectivity index (χ3n) is 3.68. The molecule has 2 N–H and O–H groups in total. The van der Waals surface area contributed by atoms with Gasteiger partial charge in [0.2, 0.25) is 5.91 Å². The SMILES string of the molecule is CC1CCCNC1C(=O)Nc1cccc(N(C)C)c1. The number of piperidine rings is 1. The Kier molecular flexibility index (Phi) is 4.43. The van der Waals surface area contributed by atoms with Gasteiger partial charge in [-0.05, 0) is 43.5 Å². The second-order valence-corrected chi connectivity index (χ2v) is 5.49. The van der Waals surface area contributed by atoms with E-state index in [1.165, 1.54) is 0 Å². The monoisotopic (exact) mass is 261 g/mol. The van der Waals surface area contributed by atoms with Crippen LogP contribution >= 0.6 is 0 Å². The van der Waals surface area contributed by atoms with Gasteiger partial charge in [0.25, 0.3) is 0 Å². The largest absolute Gasteiger partial charge is 0.378 e. The van der Waals surface area contributed by atoms with Crippen molar-refractivity contribution in [1.29, 1.82) is 0 Å². The van der Waals surface area contributed by atoms with Crippen LogP contribution in [0.1, 0.15) is 19.8 Å². The smallest absolute Gasteiger partial charge is 0.241 e. The van der Waals surface area contributed by atoms with Crippen LogP contribution in [0.15, 0.2) is 24.3 Å². The molecule has 104 valence electrons. The lowest BCUT2D eigenvalue weighted by atomic mass is 9.92. The number of nitrogens with zero attached hydrogens (tertiary/aromatic N) is 1. The van der Waals surface area contributed by atoms with Gasteiger partial charge in [0.1, 0.15) is 0 Å². The van der Waals surface area contributed by atoms with Crippen LogP contribution in [0.5, 0.6) is 0 Å². The average Bonchev–Trinajstić information content (AvgIpc) is 2.39. The van der Waals surface area contributed by atoms with Crippen molar-refractivity contribution < 1.29 is 4.79 Å². The molecule has 0 spiro atoms. The summed E-state index contributed by atoms with van der Waals surface area (Å²) in [5.74, 6) is 0.467. The standard InChI is InChI=1S/C15H23N3O/c1-11-6-5-9-16-14(11)15(19)17-12-7-4-8-13(10-12)18(2)3/h4,7-8,10-11,14,16H,5-6,9H2,1-3H3,(H,17,19). The minimum Gasteiger partial charge on any atom is -0.378 e. The topological polar surface area (TPSA) is 44.4 Å². The molecule has 1 heterocycles. The van der Waals surface area contributed by atoms with Gasteiger partial charge in [-0.15, -0.1) is 0 Å². The lowest BCUT2D eigenvalue weighted by Gasteiger charge is -2.29. The van der Waals surface area contributed by atoms with Crippen molar-refractivity contribution in [3.63, 3.8) is 0 Å².